The number of hydrogen-bond donors (Lipinski definition) is 1. The number of rotatable bonds is 6. The van der Waals surface area contributed by atoms with E-state index in [1.54, 1.807) is 17.2 Å². The number of piperazine rings is 1. The largest absolute Gasteiger partial charge is 0.379 e. The second kappa shape index (κ2) is 8.72. The highest BCUT2D eigenvalue weighted by Gasteiger charge is 2.19. The van der Waals surface area contributed by atoms with Gasteiger partial charge in [-0.3, -0.25) is 14.5 Å². The minimum Gasteiger partial charge on any atom is -0.379 e. The first-order valence-corrected chi connectivity index (χ1v) is 8.62. The number of amides is 2. The van der Waals surface area contributed by atoms with E-state index in [4.69, 9.17) is 4.74 Å². The maximum absolute atomic E-state index is 12.3. The summed E-state index contributed by atoms with van der Waals surface area (Å²) in [4.78, 5) is 37.7. The molecule has 0 bridgehead atoms. The Balaban J connectivity index is 1.50. The number of nitrogens with zero attached hydrogens (tertiary/aromatic N) is 5. The predicted octanol–water partition coefficient (Wildman–Crippen LogP) is -1.18. The van der Waals surface area contributed by atoms with E-state index in [9.17, 15) is 9.59 Å². The molecule has 2 amide bonds. The van der Waals surface area contributed by atoms with Crippen LogP contribution in [0.4, 0.5) is 5.95 Å². The molecule has 2 aliphatic heterocycles. The van der Waals surface area contributed by atoms with Gasteiger partial charge in [0.05, 0.1) is 13.2 Å². The summed E-state index contributed by atoms with van der Waals surface area (Å²) in [7, 11) is 0. The molecule has 1 N–H and O–H groups in total. The van der Waals surface area contributed by atoms with Crippen LogP contribution in [0.1, 0.15) is 10.5 Å². The monoisotopic (exact) mass is 348 g/mol. The molecule has 0 radical (unpaired) electrons. The molecule has 0 aromatic carbocycles. The number of morpholine rings is 1. The Hall–Kier alpha value is -2.26. The molecule has 0 unspecified atom stereocenters. The molecule has 0 saturated carbocycles. The molecule has 9 nitrogen and oxygen atoms in total. The summed E-state index contributed by atoms with van der Waals surface area (Å²) >= 11 is 0. The Morgan fingerprint density at radius 3 is 2.68 bits per heavy atom. The zero-order chi connectivity index (χ0) is 17.5. The Bertz CT molecular complexity index is 585. The molecule has 2 aliphatic rings. The van der Waals surface area contributed by atoms with Crippen molar-refractivity contribution < 1.29 is 14.3 Å². The van der Waals surface area contributed by atoms with Crippen molar-refractivity contribution in [3.05, 3.63) is 18.0 Å². The average Bonchev–Trinajstić information content (AvgIpc) is 2.69. The first-order chi connectivity index (χ1) is 12.3. The van der Waals surface area contributed by atoms with E-state index in [1.165, 1.54) is 0 Å². The lowest BCUT2D eigenvalue weighted by molar-refractivity contribution is -0.118. The molecule has 25 heavy (non-hydrogen) atoms. The van der Waals surface area contributed by atoms with E-state index in [0.29, 0.717) is 44.4 Å². The minimum atomic E-state index is -0.191. The van der Waals surface area contributed by atoms with Gasteiger partial charge in [-0.05, 0) is 6.07 Å². The Kier molecular flexibility index (Phi) is 6.13. The summed E-state index contributed by atoms with van der Waals surface area (Å²) in [5, 5.41) is 2.91. The van der Waals surface area contributed by atoms with E-state index >= 15 is 0 Å². The predicted molar refractivity (Wildman–Crippen MR) is 91.5 cm³/mol. The van der Waals surface area contributed by atoms with Gasteiger partial charge in [-0.2, -0.15) is 0 Å². The van der Waals surface area contributed by atoms with E-state index in [2.05, 4.69) is 20.2 Å². The molecule has 3 heterocycles. The van der Waals surface area contributed by atoms with E-state index < -0.39 is 0 Å². The Morgan fingerprint density at radius 2 is 1.96 bits per heavy atom. The molecular formula is C16H24N6O3. The van der Waals surface area contributed by atoms with Crippen LogP contribution in [0.25, 0.3) is 0 Å². The first kappa shape index (κ1) is 17.6. The standard InChI is InChI=1S/C16H24N6O3/c23-13-21-5-7-22(8-6-21)16-18-2-1-14(19-16)15(24)17-3-4-20-9-11-25-12-10-20/h1-2,13H,3-12H2,(H,17,24). The highest BCUT2D eigenvalue weighted by Crippen LogP contribution is 2.10. The van der Waals surface area contributed by atoms with Crippen LogP contribution in [0, 0.1) is 0 Å². The molecule has 136 valence electrons. The van der Waals surface area contributed by atoms with Crippen molar-refractivity contribution in [2.24, 2.45) is 0 Å². The fourth-order valence-electron chi connectivity index (χ4n) is 2.90. The zero-order valence-corrected chi connectivity index (χ0v) is 14.3. The maximum Gasteiger partial charge on any atom is 0.270 e. The SMILES string of the molecule is O=CN1CCN(c2nccc(C(=O)NCCN3CCOCC3)n2)CC1. The second-order valence-electron chi connectivity index (χ2n) is 6.08. The molecule has 2 saturated heterocycles. The van der Waals surface area contributed by atoms with Crippen LogP contribution in [0.5, 0.6) is 0 Å². The molecule has 1 aromatic rings. The van der Waals surface area contributed by atoms with Crippen molar-refractivity contribution in [1.82, 2.24) is 25.1 Å². The zero-order valence-electron chi connectivity index (χ0n) is 14.3. The van der Waals surface area contributed by atoms with E-state index in [0.717, 1.165) is 39.3 Å². The average molecular weight is 348 g/mol. The van der Waals surface area contributed by atoms with E-state index in [-0.39, 0.29) is 5.91 Å². The van der Waals surface area contributed by atoms with Crippen LogP contribution in [-0.2, 0) is 9.53 Å². The van der Waals surface area contributed by atoms with Crippen LogP contribution in [-0.4, -0.2) is 97.7 Å². The van der Waals surface area contributed by atoms with Crippen LogP contribution in [0.2, 0.25) is 0 Å². The van der Waals surface area contributed by atoms with Crippen molar-refractivity contribution in [3.63, 3.8) is 0 Å². The number of nitrogens with one attached hydrogen (secondary N) is 1. The molecule has 1 aromatic heterocycles. The fourth-order valence-corrected chi connectivity index (χ4v) is 2.90. The van der Waals surface area contributed by atoms with Gasteiger partial charge in [0.1, 0.15) is 5.69 Å². The van der Waals surface area contributed by atoms with Crippen LogP contribution >= 0.6 is 0 Å². The van der Waals surface area contributed by atoms with Crippen molar-refractivity contribution in [3.8, 4) is 0 Å². The minimum absolute atomic E-state index is 0.191. The highest BCUT2D eigenvalue weighted by molar-refractivity contribution is 5.92. The summed E-state index contributed by atoms with van der Waals surface area (Å²) in [6, 6.07) is 1.62. The van der Waals surface area contributed by atoms with Gasteiger partial charge in [-0.1, -0.05) is 0 Å². The van der Waals surface area contributed by atoms with Crippen LogP contribution in [0.15, 0.2) is 12.3 Å². The normalized spacial score (nSPS) is 18.9. The second-order valence-corrected chi connectivity index (χ2v) is 6.08. The van der Waals surface area contributed by atoms with Crippen molar-refractivity contribution in [2.45, 2.75) is 0 Å². The number of carbonyl (C=O) groups excluding carboxylic acids is 2. The van der Waals surface area contributed by atoms with Gasteiger partial charge in [0.15, 0.2) is 0 Å². The molecule has 2 fully saturated rings. The van der Waals surface area contributed by atoms with E-state index in [1.807, 2.05) is 4.90 Å². The topological polar surface area (TPSA) is 90.9 Å². The fraction of sp³-hybridized carbons (Fsp3) is 0.625. The van der Waals surface area contributed by atoms with Gasteiger partial charge >= 0.3 is 0 Å². The third-order valence-electron chi connectivity index (χ3n) is 4.44. The van der Waals surface area contributed by atoms with Gasteiger partial charge in [0.25, 0.3) is 5.91 Å². The molecular weight excluding hydrogens is 324 g/mol. The number of anilines is 1. The lowest BCUT2D eigenvalue weighted by Gasteiger charge is -2.32. The first-order valence-electron chi connectivity index (χ1n) is 8.62. The quantitative estimate of drug-likeness (QED) is 0.647. The summed E-state index contributed by atoms with van der Waals surface area (Å²) in [5.41, 5.74) is 0.366. The smallest absolute Gasteiger partial charge is 0.270 e. The molecule has 0 spiro atoms. The van der Waals surface area contributed by atoms with Crippen molar-refractivity contribution in [2.75, 3.05) is 70.5 Å². The Labute approximate surface area is 147 Å². The molecule has 3 rings (SSSR count). The van der Waals surface area contributed by atoms with Crippen LogP contribution in [0.3, 0.4) is 0 Å². The van der Waals surface area contributed by atoms with Crippen molar-refractivity contribution >= 4 is 18.3 Å². The summed E-state index contributed by atoms with van der Waals surface area (Å²) in [6.45, 7) is 7.31. The van der Waals surface area contributed by atoms with Gasteiger partial charge in [0.2, 0.25) is 12.4 Å². The number of ether oxygens (including phenoxy) is 1. The summed E-state index contributed by atoms with van der Waals surface area (Å²) in [6.07, 6.45) is 2.46. The number of hydrogen-bond acceptors (Lipinski definition) is 7. The summed E-state index contributed by atoms with van der Waals surface area (Å²) in [5.74, 6) is 0.342. The van der Waals surface area contributed by atoms with Gasteiger partial charge < -0.3 is 19.9 Å². The third kappa shape index (κ3) is 4.86. The molecule has 0 aliphatic carbocycles. The van der Waals surface area contributed by atoms with Crippen molar-refractivity contribution in [1.29, 1.82) is 0 Å². The lowest BCUT2D eigenvalue weighted by Crippen LogP contribution is -2.46. The lowest BCUT2D eigenvalue weighted by atomic mass is 10.3. The third-order valence-corrected chi connectivity index (χ3v) is 4.44. The number of aromatic nitrogens is 2. The number of carbonyl (C=O) groups is 2. The van der Waals surface area contributed by atoms with Gasteiger partial charge in [0, 0.05) is 58.6 Å². The molecule has 0 atom stereocenters. The highest BCUT2D eigenvalue weighted by atomic mass is 16.5. The molecule has 9 heteroatoms. The van der Waals surface area contributed by atoms with Gasteiger partial charge in [-0.25, -0.2) is 9.97 Å². The Morgan fingerprint density at radius 1 is 1.20 bits per heavy atom. The maximum atomic E-state index is 12.3. The van der Waals surface area contributed by atoms with Crippen LogP contribution < -0.4 is 10.2 Å². The van der Waals surface area contributed by atoms with Gasteiger partial charge in [-0.15, -0.1) is 0 Å². The summed E-state index contributed by atoms with van der Waals surface area (Å²) < 4.78 is 5.31.